The maximum absolute atomic E-state index is 11.8. The minimum atomic E-state index is -4.78. The molecule has 0 aliphatic heterocycles. The van der Waals surface area contributed by atoms with E-state index < -0.39 is 12.2 Å². The van der Waals surface area contributed by atoms with Crippen molar-refractivity contribution in [2.24, 2.45) is 0 Å². The molecule has 1 aromatic heterocycles. The van der Waals surface area contributed by atoms with Crippen LogP contribution in [0, 0.1) is 18.3 Å². The van der Waals surface area contributed by atoms with Crippen LogP contribution in [0.5, 0.6) is 5.88 Å². The van der Waals surface area contributed by atoms with Gasteiger partial charge in [0.15, 0.2) is 0 Å². The van der Waals surface area contributed by atoms with Gasteiger partial charge in [-0.15, -0.1) is 13.2 Å². The maximum Gasteiger partial charge on any atom is 0.574 e. The van der Waals surface area contributed by atoms with Crippen molar-refractivity contribution in [2.45, 2.75) is 13.3 Å². The second-order valence-corrected chi connectivity index (χ2v) is 3.35. The molecule has 1 heterocycles. The van der Waals surface area contributed by atoms with E-state index >= 15 is 0 Å². The van der Waals surface area contributed by atoms with Gasteiger partial charge in [0.1, 0.15) is 10.7 Å². The largest absolute Gasteiger partial charge is 0.574 e. The number of alkyl halides is 3. The fourth-order valence-corrected chi connectivity index (χ4v) is 1.49. The summed E-state index contributed by atoms with van der Waals surface area (Å²) in [5, 5.41) is 8.64. The number of nitriles is 1. The van der Waals surface area contributed by atoms with Crippen LogP contribution in [0.2, 0.25) is 0 Å². The first-order chi connectivity index (χ1) is 6.83. The Morgan fingerprint density at radius 2 is 2.13 bits per heavy atom. The smallest absolute Gasteiger partial charge is 0.388 e. The number of nitrogens with zero attached hydrogens (tertiary/aromatic N) is 2. The molecule has 0 saturated carbocycles. The van der Waals surface area contributed by atoms with Crippen molar-refractivity contribution >= 4 is 15.9 Å². The first-order valence-corrected chi connectivity index (χ1v) is 4.46. The molecule has 15 heavy (non-hydrogen) atoms. The fraction of sp³-hybridized carbons (Fsp3) is 0.250. The molecular weight excluding hydrogens is 277 g/mol. The van der Waals surface area contributed by atoms with Gasteiger partial charge in [0.05, 0.1) is 5.56 Å². The molecule has 0 radical (unpaired) electrons. The van der Waals surface area contributed by atoms with Gasteiger partial charge in [-0.25, -0.2) is 4.98 Å². The summed E-state index contributed by atoms with van der Waals surface area (Å²) in [5.74, 6) is -0.592. The van der Waals surface area contributed by atoms with Gasteiger partial charge in [-0.2, -0.15) is 5.26 Å². The summed E-state index contributed by atoms with van der Waals surface area (Å²) in [5.41, 5.74) is 0.545. The van der Waals surface area contributed by atoms with Gasteiger partial charge in [-0.1, -0.05) is 0 Å². The minimum absolute atomic E-state index is 0.0317. The molecule has 0 atom stereocenters. The first kappa shape index (κ1) is 11.8. The van der Waals surface area contributed by atoms with Crippen molar-refractivity contribution in [2.75, 3.05) is 0 Å². The van der Waals surface area contributed by atoms with Crippen LogP contribution in [-0.4, -0.2) is 11.3 Å². The van der Waals surface area contributed by atoms with Gasteiger partial charge in [-0.05, 0) is 28.4 Å². The highest BCUT2D eigenvalue weighted by molar-refractivity contribution is 9.10. The van der Waals surface area contributed by atoms with Crippen LogP contribution in [0.3, 0.4) is 0 Å². The third kappa shape index (κ3) is 3.09. The van der Waals surface area contributed by atoms with Crippen LogP contribution in [0.1, 0.15) is 11.1 Å². The molecule has 80 valence electrons. The van der Waals surface area contributed by atoms with Crippen molar-refractivity contribution in [3.05, 3.63) is 21.8 Å². The van der Waals surface area contributed by atoms with Crippen LogP contribution in [0.25, 0.3) is 0 Å². The quantitative estimate of drug-likeness (QED) is 0.743. The minimum Gasteiger partial charge on any atom is -0.388 e. The fourth-order valence-electron chi connectivity index (χ4n) is 0.910. The van der Waals surface area contributed by atoms with Crippen molar-refractivity contribution in [3.8, 4) is 11.9 Å². The zero-order valence-electron chi connectivity index (χ0n) is 7.39. The highest BCUT2D eigenvalue weighted by Crippen LogP contribution is 2.26. The van der Waals surface area contributed by atoms with Crippen molar-refractivity contribution in [1.29, 1.82) is 5.26 Å². The van der Waals surface area contributed by atoms with E-state index in [-0.39, 0.29) is 10.2 Å². The highest BCUT2D eigenvalue weighted by atomic mass is 79.9. The lowest BCUT2D eigenvalue weighted by Gasteiger charge is -2.09. The van der Waals surface area contributed by atoms with Gasteiger partial charge in [-0.3, -0.25) is 0 Å². The van der Waals surface area contributed by atoms with E-state index in [9.17, 15) is 13.2 Å². The van der Waals surface area contributed by atoms with Gasteiger partial charge < -0.3 is 4.74 Å². The summed E-state index contributed by atoms with van der Waals surface area (Å²) in [6.07, 6.45) is -4.78. The number of hydrogen-bond acceptors (Lipinski definition) is 3. The Kier molecular flexibility index (Phi) is 3.19. The Balaban J connectivity index is 3.11. The van der Waals surface area contributed by atoms with E-state index in [4.69, 9.17) is 5.26 Å². The standard InChI is InChI=1S/C8H4BrF3N2O/c1-4-2-6(15-8(10,11)12)14-7(9)5(4)3-13/h2H,1H3. The number of aromatic nitrogens is 1. The Morgan fingerprint density at radius 1 is 1.53 bits per heavy atom. The molecule has 1 aromatic rings. The van der Waals surface area contributed by atoms with Crippen molar-refractivity contribution < 1.29 is 17.9 Å². The number of hydrogen-bond donors (Lipinski definition) is 0. The molecule has 7 heteroatoms. The molecule has 0 amide bonds. The molecular formula is C8H4BrF3N2O. The predicted molar refractivity (Wildman–Crippen MR) is 48.1 cm³/mol. The van der Waals surface area contributed by atoms with Crippen LogP contribution < -0.4 is 4.74 Å². The topological polar surface area (TPSA) is 45.9 Å². The summed E-state index contributed by atoms with van der Waals surface area (Å²) in [4.78, 5) is 3.44. The van der Waals surface area contributed by atoms with E-state index in [0.717, 1.165) is 6.07 Å². The van der Waals surface area contributed by atoms with E-state index in [2.05, 4.69) is 25.7 Å². The zero-order chi connectivity index (χ0) is 11.6. The molecule has 0 aliphatic carbocycles. The second kappa shape index (κ2) is 4.06. The van der Waals surface area contributed by atoms with Gasteiger partial charge >= 0.3 is 6.36 Å². The first-order valence-electron chi connectivity index (χ1n) is 3.66. The Bertz CT molecular complexity index is 402. The van der Waals surface area contributed by atoms with Crippen LogP contribution in [0.4, 0.5) is 13.2 Å². The zero-order valence-corrected chi connectivity index (χ0v) is 8.98. The SMILES string of the molecule is Cc1cc(OC(F)(F)F)nc(Br)c1C#N. The normalized spacial score (nSPS) is 10.9. The molecule has 0 fully saturated rings. The number of pyridine rings is 1. The number of rotatable bonds is 1. The van der Waals surface area contributed by atoms with E-state index in [1.165, 1.54) is 6.92 Å². The van der Waals surface area contributed by atoms with Crippen LogP contribution in [0.15, 0.2) is 10.7 Å². The molecule has 0 saturated heterocycles. The van der Waals surface area contributed by atoms with Crippen LogP contribution in [-0.2, 0) is 0 Å². The Hall–Kier alpha value is -1.29. The van der Waals surface area contributed by atoms with Gasteiger partial charge in [0, 0.05) is 6.07 Å². The molecule has 1 rings (SSSR count). The maximum atomic E-state index is 11.8. The Labute approximate surface area is 91.6 Å². The van der Waals surface area contributed by atoms with Gasteiger partial charge in [0.25, 0.3) is 0 Å². The number of halogens is 4. The van der Waals surface area contributed by atoms with Crippen molar-refractivity contribution in [3.63, 3.8) is 0 Å². The van der Waals surface area contributed by atoms with E-state index in [0.29, 0.717) is 5.56 Å². The lowest BCUT2D eigenvalue weighted by molar-refractivity contribution is -0.276. The molecule has 0 spiro atoms. The summed E-state index contributed by atoms with van der Waals surface area (Å²) in [6.45, 7) is 1.49. The summed E-state index contributed by atoms with van der Waals surface area (Å²) in [6, 6.07) is 2.86. The summed E-state index contributed by atoms with van der Waals surface area (Å²) in [7, 11) is 0. The number of aryl methyl sites for hydroxylation is 1. The predicted octanol–water partition coefficient (Wildman–Crippen LogP) is 2.92. The average Bonchev–Trinajstić information content (AvgIpc) is 1.99. The van der Waals surface area contributed by atoms with E-state index in [1.54, 1.807) is 0 Å². The van der Waals surface area contributed by atoms with Gasteiger partial charge in [0.2, 0.25) is 5.88 Å². The molecule has 0 aliphatic rings. The van der Waals surface area contributed by atoms with Crippen LogP contribution >= 0.6 is 15.9 Å². The monoisotopic (exact) mass is 280 g/mol. The highest BCUT2D eigenvalue weighted by Gasteiger charge is 2.32. The lowest BCUT2D eigenvalue weighted by atomic mass is 10.2. The van der Waals surface area contributed by atoms with E-state index in [1.807, 2.05) is 6.07 Å². The average molecular weight is 281 g/mol. The molecule has 3 nitrogen and oxygen atoms in total. The summed E-state index contributed by atoms with van der Waals surface area (Å²) < 4.78 is 39.2. The molecule has 0 aromatic carbocycles. The number of ether oxygens (including phenoxy) is 1. The lowest BCUT2D eigenvalue weighted by Crippen LogP contribution is -2.18. The van der Waals surface area contributed by atoms with Crippen molar-refractivity contribution in [1.82, 2.24) is 4.98 Å². The second-order valence-electron chi connectivity index (χ2n) is 2.60. The molecule has 0 N–H and O–H groups in total. The molecule has 0 unspecified atom stereocenters. The third-order valence-corrected chi connectivity index (χ3v) is 2.05. The Morgan fingerprint density at radius 3 is 2.53 bits per heavy atom. The third-order valence-electron chi connectivity index (χ3n) is 1.48. The molecule has 0 bridgehead atoms. The summed E-state index contributed by atoms with van der Waals surface area (Å²) >= 11 is 2.88.